The molecule has 5 nitrogen and oxygen atoms in total. The van der Waals surface area contributed by atoms with Gasteiger partial charge >= 0.3 is 0 Å². The number of halogens is 1. The summed E-state index contributed by atoms with van der Waals surface area (Å²) in [6, 6.07) is 21.1. The van der Waals surface area contributed by atoms with Gasteiger partial charge in [0, 0.05) is 6.42 Å². The number of para-hydroxylation sites is 2. The van der Waals surface area contributed by atoms with Crippen molar-refractivity contribution in [2.24, 2.45) is 0 Å². The third kappa shape index (κ3) is 4.99. The molecule has 1 aromatic heterocycles. The summed E-state index contributed by atoms with van der Waals surface area (Å²) < 4.78 is 18.7. The molecule has 0 aliphatic heterocycles. The summed E-state index contributed by atoms with van der Waals surface area (Å²) in [6.45, 7) is 0.362. The summed E-state index contributed by atoms with van der Waals surface area (Å²) in [5, 5.41) is 2.89. The maximum atomic E-state index is 13.0. The van der Waals surface area contributed by atoms with Crippen molar-refractivity contribution in [1.29, 1.82) is 0 Å². The summed E-state index contributed by atoms with van der Waals surface area (Å²) in [6.07, 6.45) is 0.951. The lowest BCUT2D eigenvalue weighted by Gasteiger charge is -2.08. The van der Waals surface area contributed by atoms with Gasteiger partial charge in [-0.15, -0.1) is 0 Å². The van der Waals surface area contributed by atoms with Gasteiger partial charge < -0.3 is 15.0 Å². The van der Waals surface area contributed by atoms with Gasteiger partial charge in [0.05, 0.1) is 17.6 Å². The van der Waals surface area contributed by atoms with Crippen LogP contribution in [0, 0.1) is 5.82 Å². The van der Waals surface area contributed by atoms with Crippen molar-refractivity contribution in [1.82, 2.24) is 15.3 Å². The maximum absolute atomic E-state index is 13.0. The summed E-state index contributed by atoms with van der Waals surface area (Å²) in [5.41, 5.74) is 2.83. The van der Waals surface area contributed by atoms with Crippen LogP contribution >= 0.6 is 0 Å². The first-order valence-corrected chi connectivity index (χ1v) is 9.38. The zero-order valence-electron chi connectivity index (χ0n) is 15.7. The number of rotatable bonds is 7. The van der Waals surface area contributed by atoms with Crippen LogP contribution in [-0.2, 0) is 17.8 Å². The lowest BCUT2D eigenvalue weighted by molar-refractivity contribution is -0.121. The molecule has 1 heterocycles. The number of ether oxygens (including phenoxy) is 1. The molecule has 0 saturated heterocycles. The summed E-state index contributed by atoms with van der Waals surface area (Å²) in [4.78, 5) is 19.8. The molecular weight excluding hydrogens is 369 g/mol. The Morgan fingerprint density at radius 1 is 1.00 bits per heavy atom. The van der Waals surface area contributed by atoms with E-state index >= 15 is 0 Å². The van der Waals surface area contributed by atoms with Gasteiger partial charge in [-0.3, -0.25) is 4.79 Å². The van der Waals surface area contributed by atoms with Crippen LogP contribution in [0.25, 0.3) is 11.0 Å². The average Bonchev–Trinajstić information content (AvgIpc) is 3.16. The van der Waals surface area contributed by atoms with Gasteiger partial charge in [0.15, 0.2) is 0 Å². The van der Waals surface area contributed by atoms with Crippen molar-refractivity contribution in [3.05, 3.63) is 90.0 Å². The van der Waals surface area contributed by atoms with Gasteiger partial charge in [0.1, 0.15) is 23.1 Å². The molecule has 2 N–H and O–H groups in total. The number of hydrogen-bond donors (Lipinski definition) is 2. The molecule has 6 heteroatoms. The standard InChI is InChI=1S/C23H20FN3O2/c24-17-9-11-18(12-10-17)29-19-5-3-4-16(14-19)8-13-23(28)25-15-22-26-20-6-1-2-7-21(20)27-22/h1-7,9-12,14H,8,13,15H2,(H,25,28)(H,26,27). The van der Waals surface area contributed by atoms with Crippen molar-refractivity contribution >= 4 is 16.9 Å². The number of H-pyrrole nitrogens is 1. The predicted molar refractivity (Wildman–Crippen MR) is 109 cm³/mol. The van der Waals surface area contributed by atoms with E-state index in [-0.39, 0.29) is 11.7 Å². The summed E-state index contributed by atoms with van der Waals surface area (Å²) in [5.74, 6) is 1.59. The zero-order valence-corrected chi connectivity index (χ0v) is 15.7. The fraction of sp³-hybridized carbons (Fsp3) is 0.130. The Morgan fingerprint density at radius 3 is 2.66 bits per heavy atom. The summed E-state index contributed by atoms with van der Waals surface area (Å²) in [7, 11) is 0. The Balaban J connectivity index is 1.29. The smallest absolute Gasteiger partial charge is 0.220 e. The third-order valence-corrected chi connectivity index (χ3v) is 4.48. The molecule has 0 radical (unpaired) electrons. The highest BCUT2D eigenvalue weighted by atomic mass is 19.1. The number of amides is 1. The minimum Gasteiger partial charge on any atom is -0.457 e. The monoisotopic (exact) mass is 389 g/mol. The molecule has 4 aromatic rings. The van der Waals surface area contributed by atoms with Gasteiger partial charge in [0.2, 0.25) is 5.91 Å². The third-order valence-electron chi connectivity index (χ3n) is 4.48. The average molecular weight is 389 g/mol. The van der Waals surface area contributed by atoms with E-state index < -0.39 is 0 Å². The fourth-order valence-corrected chi connectivity index (χ4v) is 3.02. The number of aromatic amines is 1. The van der Waals surface area contributed by atoms with E-state index in [1.165, 1.54) is 12.1 Å². The number of imidazole rings is 1. The Hall–Kier alpha value is -3.67. The van der Waals surface area contributed by atoms with E-state index in [0.717, 1.165) is 22.4 Å². The molecule has 0 unspecified atom stereocenters. The van der Waals surface area contributed by atoms with E-state index in [9.17, 15) is 9.18 Å². The first-order valence-electron chi connectivity index (χ1n) is 9.38. The van der Waals surface area contributed by atoms with Gasteiger partial charge in [0.25, 0.3) is 0 Å². The molecule has 0 aliphatic rings. The molecule has 146 valence electrons. The predicted octanol–water partition coefficient (Wildman–Crippen LogP) is 4.74. The molecule has 3 aromatic carbocycles. The number of carbonyl (C=O) groups is 1. The quantitative estimate of drug-likeness (QED) is 0.480. The topological polar surface area (TPSA) is 67.0 Å². The van der Waals surface area contributed by atoms with E-state index in [0.29, 0.717) is 30.9 Å². The molecule has 0 aliphatic carbocycles. The molecule has 0 saturated carbocycles. The molecule has 1 amide bonds. The first-order chi connectivity index (χ1) is 14.2. The molecule has 0 bridgehead atoms. The molecule has 0 atom stereocenters. The number of nitrogens with zero attached hydrogens (tertiary/aromatic N) is 1. The second-order valence-corrected chi connectivity index (χ2v) is 6.68. The fourth-order valence-electron chi connectivity index (χ4n) is 3.02. The number of aromatic nitrogens is 2. The number of nitrogens with one attached hydrogen (secondary N) is 2. The molecule has 29 heavy (non-hydrogen) atoms. The minimum atomic E-state index is -0.306. The van der Waals surface area contributed by atoms with Crippen LogP contribution in [0.4, 0.5) is 4.39 Å². The Labute approximate surface area is 167 Å². The van der Waals surface area contributed by atoms with Crippen molar-refractivity contribution in [3.63, 3.8) is 0 Å². The van der Waals surface area contributed by atoms with E-state index in [1.807, 2.05) is 48.5 Å². The zero-order chi connectivity index (χ0) is 20.1. The minimum absolute atomic E-state index is 0.0460. The maximum Gasteiger partial charge on any atom is 0.220 e. The van der Waals surface area contributed by atoms with Crippen LogP contribution in [0.2, 0.25) is 0 Å². The van der Waals surface area contributed by atoms with Crippen LogP contribution in [0.5, 0.6) is 11.5 Å². The lowest BCUT2D eigenvalue weighted by atomic mass is 10.1. The Kier molecular flexibility index (Phi) is 5.52. The number of aryl methyl sites for hydroxylation is 1. The highest BCUT2D eigenvalue weighted by Gasteiger charge is 2.07. The Morgan fingerprint density at radius 2 is 1.83 bits per heavy atom. The normalized spacial score (nSPS) is 10.8. The van der Waals surface area contributed by atoms with Crippen molar-refractivity contribution in [2.45, 2.75) is 19.4 Å². The van der Waals surface area contributed by atoms with Crippen LogP contribution in [0.15, 0.2) is 72.8 Å². The van der Waals surface area contributed by atoms with E-state index in [4.69, 9.17) is 4.74 Å². The highest BCUT2D eigenvalue weighted by molar-refractivity contribution is 5.77. The van der Waals surface area contributed by atoms with Gasteiger partial charge in [-0.25, -0.2) is 9.37 Å². The van der Waals surface area contributed by atoms with E-state index in [2.05, 4.69) is 15.3 Å². The van der Waals surface area contributed by atoms with Crippen molar-refractivity contribution in [3.8, 4) is 11.5 Å². The second kappa shape index (κ2) is 8.56. The Bertz CT molecular complexity index is 1090. The molecule has 0 spiro atoms. The van der Waals surface area contributed by atoms with Gasteiger partial charge in [-0.05, 0) is 60.5 Å². The number of carbonyl (C=O) groups excluding carboxylic acids is 1. The number of fused-ring (bicyclic) bond motifs is 1. The molecular formula is C23H20FN3O2. The molecule has 4 rings (SSSR count). The largest absolute Gasteiger partial charge is 0.457 e. The van der Waals surface area contributed by atoms with Crippen molar-refractivity contribution < 1.29 is 13.9 Å². The van der Waals surface area contributed by atoms with Crippen LogP contribution in [0.3, 0.4) is 0 Å². The number of benzene rings is 3. The van der Waals surface area contributed by atoms with Crippen molar-refractivity contribution in [2.75, 3.05) is 0 Å². The number of hydrogen-bond acceptors (Lipinski definition) is 3. The van der Waals surface area contributed by atoms with Gasteiger partial charge in [-0.2, -0.15) is 0 Å². The van der Waals surface area contributed by atoms with Crippen LogP contribution in [0.1, 0.15) is 17.8 Å². The SMILES string of the molecule is O=C(CCc1cccc(Oc2ccc(F)cc2)c1)NCc1nc2ccccc2[nH]1. The first kappa shape index (κ1) is 18.7. The molecule has 0 fully saturated rings. The van der Waals surface area contributed by atoms with Crippen LogP contribution < -0.4 is 10.1 Å². The van der Waals surface area contributed by atoms with Crippen LogP contribution in [-0.4, -0.2) is 15.9 Å². The lowest BCUT2D eigenvalue weighted by Crippen LogP contribution is -2.23. The summed E-state index contributed by atoms with van der Waals surface area (Å²) >= 11 is 0. The van der Waals surface area contributed by atoms with Gasteiger partial charge in [-0.1, -0.05) is 24.3 Å². The second-order valence-electron chi connectivity index (χ2n) is 6.68. The van der Waals surface area contributed by atoms with E-state index in [1.54, 1.807) is 12.1 Å². The highest BCUT2D eigenvalue weighted by Crippen LogP contribution is 2.23.